The minimum atomic E-state index is -1.56. The maximum absolute atomic E-state index is 15.7. The Kier molecular flexibility index (Phi) is 7.95. The smallest absolute Gasteiger partial charge is 0.135 e. The second kappa shape index (κ2) is 10.8. The molecule has 0 aliphatic carbocycles. The van der Waals surface area contributed by atoms with E-state index in [4.69, 9.17) is 4.74 Å². The number of H-pyrrole nitrogens is 1. The average Bonchev–Trinajstić information content (AvgIpc) is 3.15. The summed E-state index contributed by atoms with van der Waals surface area (Å²) < 4.78 is 64.2. The van der Waals surface area contributed by atoms with E-state index in [1.54, 1.807) is 6.92 Å². The Bertz CT molecular complexity index is 1170. The Morgan fingerprint density at radius 2 is 1.89 bits per heavy atom. The molecule has 0 bridgehead atoms. The number of nitrogens with one attached hydrogen (secondary N) is 2. The van der Waals surface area contributed by atoms with E-state index in [1.807, 2.05) is 36.1 Å². The van der Waals surface area contributed by atoms with Crippen LogP contribution in [-0.2, 0) is 6.42 Å². The summed E-state index contributed by atoms with van der Waals surface area (Å²) >= 11 is 0. The Labute approximate surface area is 210 Å². The van der Waals surface area contributed by atoms with Crippen molar-refractivity contribution in [2.45, 2.75) is 64.4 Å². The number of nitrogens with zero attached hydrogens (tertiary/aromatic N) is 1. The molecule has 0 spiro atoms. The van der Waals surface area contributed by atoms with Gasteiger partial charge in [-0.05, 0) is 58.7 Å². The molecule has 1 unspecified atom stereocenters. The van der Waals surface area contributed by atoms with Gasteiger partial charge in [-0.3, -0.25) is 9.29 Å². The second-order valence-electron chi connectivity index (χ2n) is 10.4. The van der Waals surface area contributed by atoms with Gasteiger partial charge in [-0.2, -0.15) is 0 Å². The summed E-state index contributed by atoms with van der Waals surface area (Å²) in [7, 11) is 0. The highest BCUT2D eigenvalue weighted by Crippen LogP contribution is 2.43. The fourth-order valence-corrected chi connectivity index (χ4v) is 5.16. The third-order valence-electron chi connectivity index (χ3n) is 6.66. The molecular formula is C28H35F4N3O. The van der Waals surface area contributed by atoms with Crippen molar-refractivity contribution in [1.29, 1.82) is 0 Å². The molecule has 0 saturated heterocycles. The third kappa shape index (κ3) is 5.70. The van der Waals surface area contributed by atoms with Crippen molar-refractivity contribution in [3.05, 3.63) is 64.9 Å². The van der Waals surface area contributed by atoms with Gasteiger partial charge in [0.2, 0.25) is 0 Å². The van der Waals surface area contributed by atoms with Crippen LogP contribution in [0.3, 0.4) is 0 Å². The minimum Gasteiger partial charge on any atom is -0.489 e. The lowest BCUT2D eigenvalue weighted by molar-refractivity contribution is 0.0642. The highest BCUT2D eigenvalue weighted by Gasteiger charge is 2.41. The number of alkyl halides is 2. The highest BCUT2D eigenvalue weighted by atomic mass is 19.1. The third-order valence-corrected chi connectivity index (χ3v) is 6.66. The molecule has 1 aromatic heterocycles. The van der Waals surface area contributed by atoms with Crippen LogP contribution in [0.2, 0.25) is 0 Å². The molecule has 2 aromatic carbocycles. The molecule has 1 aliphatic rings. The predicted octanol–water partition coefficient (Wildman–Crippen LogP) is 6.25. The van der Waals surface area contributed by atoms with E-state index in [0.29, 0.717) is 31.6 Å². The summed E-state index contributed by atoms with van der Waals surface area (Å²) in [4.78, 5) is 5.22. The first-order chi connectivity index (χ1) is 17.1. The van der Waals surface area contributed by atoms with E-state index in [9.17, 15) is 8.78 Å². The van der Waals surface area contributed by atoms with Crippen LogP contribution in [-0.4, -0.2) is 54.0 Å². The standard InChI is InChI=1S/C28H35F4N3O/c1-17-12-21-20-8-5-6-9-24(20)34-26(21)27(35(17)16-28(3,4)32)25-22(30)13-19(14-23(25)31)36-18(2)15-33-11-7-10-29/h5-6,8-9,13-14,17-18,27,33-34H,7,10-12,15-16H2,1-4H3/t17-,18?,27-/m1/s1. The normalized spacial score (nSPS) is 19.4. The molecule has 4 nitrogen and oxygen atoms in total. The van der Waals surface area contributed by atoms with E-state index < -0.39 is 30.0 Å². The van der Waals surface area contributed by atoms with Crippen molar-refractivity contribution >= 4 is 10.9 Å². The Hall–Kier alpha value is -2.58. The summed E-state index contributed by atoms with van der Waals surface area (Å²) in [6.07, 6.45) is 0.670. The van der Waals surface area contributed by atoms with E-state index in [0.717, 1.165) is 16.5 Å². The molecule has 3 aromatic rings. The molecule has 196 valence electrons. The number of benzene rings is 2. The van der Waals surface area contributed by atoms with Gasteiger partial charge >= 0.3 is 0 Å². The molecule has 4 rings (SSSR count). The van der Waals surface area contributed by atoms with Crippen LogP contribution in [0.15, 0.2) is 36.4 Å². The van der Waals surface area contributed by atoms with Crippen LogP contribution in [0.4, 0.5) is 17.6 Å². The number of hydrogen-bond donors (Lipinski definition) is 2. The molecule has 0 saturated carbocycles. The fourth-order valence-electron chi connectivity index (χ4n) is 5.16. The van der Waals surface area contributed by atoms with Crippen molar-refractivity contribution in [2.75, 3.05) is 26.3 Å². The van der Waals surface area contributed by atoms with Gasteiger partial charge in [0, 0.05) is 53.4 Å². The zero-order valence-electron chi connectivity index (χ0n) is 21.3. The van der Waals surface area contributed by atoms with Crippen LogP contribution in [0, 0.1) is 11.6 Å². The van der Waals surface area contributed by atoms with Crippen LogP contribution >= 0.6 is 0 Å². The lowest BCUT2D eigenvalue weighted by Crippen LogP contribution is -2.48. The monoisotopic (exact) mass is 505 g/mol. The lowest BCUT2D eigenvalue weighted by atomic mass is 9.87. The number of aromatic amines is 1. The predicted molar refractivity (Wildman–Crippen MR) is 135 cm³/mol. The first-order valence-electron chi connectivity index (χ1n) is 12.6. The summed E-state index contributed by atoms with van der Waals surface area (Å²) in [5.41, 5.74) is 0.894. The van der Waals surface area contributed by atoms with Gasteiger partial charge < -0.3 is 15.0 Å². The van der Waals surface area contributed by atoms with Crippen molar-refractivity contribution in [2.24, 2.45) is 0 Å². The molecule has 2 heterocycles. The maximum atomic E-state index is 15.7. The zero-order chi connectivity index (χ0) is 26.0. The largest absolute Gasteiger partial charge is 0.489 e. The molecular weight excluding hydrogens is 470 g/mol. The number of aromatic nitrogens is 1. The van der Waals surface area contributed by atoms with Crippen molar-refractivity contribution in [3.63, 3.8) is 0 Å². The van der Waals surface area contributed by atoms with Gasteiger partial charge in [0.05, 0.1) is 12.7 Å². The van der Waals surface area contributed by atoms with Gasteiger partial charge in [0.1, 0.15) is 29.2 Å². The SMILES string of the molecule is CC(CNCCCF)Oc1cc(F)c([C@@H]2c3[nH]c4ccccc4c3C[C@@H](C)N2CC(C)(C)F)c(F)c1. The van der Waals surface area contributed by atoms with Crippen molar-refractivity contribution in [1.82, 2.24) is 15.2 Å². The maximum Gasteiger partial charge on any atom is 0.135 e. The molecule has 0 fully saturated rings. The zero-order valence-corrected chi connectivity index (χ0v) is 21.3. The fraction of sp³-hybridized carbons (Fsp3) is 0.500. The Balaban J connectivity index is 1.71. The Morgan fingerprint density at radius 3 is 2.56 bits per heavy atom. The number of rotatable bonds is 10. The summed E-state index contributed by atoms with van der Waals surface area (Å²) in [6.45, 7) is 7.22. The summed E-state index contributed by atoms with van der Waals surface area (Å²) in [6, 6.07) is 9.21. The van der Waals surface area contributed by atoms with Gasteiger partial charge in [0.15, 0.2) is 0 Å². The quantitative estimate of drug-likeness (QED) is 0.253. The van der Waals surface area contributed by atoms with E-state index in [-0.39, 0.29) is 30.0 Å². The van der Waals surface area contributed by atoms with E-state index in [2.05, 4.69) is 10.3 Å². The summed E-state index contributed by atoms with van der Waals surface area (Å²) in [5.74, 6) is -1.41. The summed E-state index contributed by atoms with van der Waals surface area (Å²) in [5, 5.41) is 4.07. The van der Waals surface area contributed by atoms with Crippen molar-refractivity contribution < 1.29 is 22.3 Å². The number of hydrogen-bond acceptors (Lipinski definition) is 3. The van der Waals surface area contributed by atoms with Crippen LogP contribution in [0.1, 0.15) is 57.0 Å². The number of para-hydroxylation sites is 1. The van der Waals surface area contributed by atoms with Gasteiger partial charge in [-0.15, -0.1) is 0 Å². The van der Waals surface area contributed by atoms with E-state index >= 15 is 8.78 Å². The van der Waals surface area contributed by atoms with Gasteiger partial charge in [-0.25, -0.2) is 13.2 Å². The van der Waals surface area contributed by atoms with Crippen LogP contribution < -0.4 is 10.1 Å². The molecule has 0 radical (unpaired) electrons. The molecule has 2 N–H and O–H groups in total. The lowest BCUT2D eigenvalue weighted by Gasteiger charge is -2.43. The Morgan fingerprint density at radius 1 is 1.19 bits per heavy atom. The van der Waals surface area contributed by atoms with Crippen LogP contribution in [0.25, 0.3) is 10.9 Å². The van der Waals surface area contributed by atoms with Gasteiger partial charge in [-0.1, -0.05) is 18.2 Å². The molecule has 3 atom stereocenters. The number of ether oxygens (including phenoxy) is 1. The minimum absolute atomic E-state index is 0.0202. The highest BCUT2D eigenvalue weighted by molar-refractivity contribution is 5.85. The first-order valence-corrected chi connectivity index (χ1v) is 12.6. The molecule has 36 heavy (non-hydrogen) atoms. The van der Waals surface area contributed by atoms with Crippen molar-refractivity contribution in [3.8, 4) is 5.75 Å². The van der Waals surface area contributed by atoms with Crippen LogP contribution in [0.5, 0.6) is 5.75 Å². The number of fused-ring (bicyclic) bond motifs is 3. The first kappa shape index (κ1) is 26.5. The molecule has 0 amide bonds. The van der Waals surface area contributed by atoms with Gasteiger partial charge in [0.25, 0.3) is 0 Å². The molecule has 8 heteroatoms. The van der Waals surface area contributed by atoms with E-state index in [1.165, 1.54) is 26.0 Å². The second-order valence-corrected chi connectivity index (χ2v) is 10.4. The number of halogens is 4. The average molecular weight is 506 g/mol. The molecule has 1 aliphatic heterocycles. The topological polar surface area (TPSA) is 40.3 Å².